The Kier molecular flexibility index (Phi) is 8.95. The summed E-state index contributed by atoms with van der Waals surface area (Å²) in [5.74, 6) is -0.160. The number of hydrogen-bond donors (Lipinski definition) is 0. The molecule has 0 radical (unpaired) electrons. The second-order valence-electron chi connectivity index (χ2n) is 7.03. The molecule has 30 heavy (non-hydrogen) atoms. The van der Waals surface area contributed by atoms with E-state index in [0.29, 0.717) is 27.3 Å². The third-order valence-electron chi connectivity index (χ3n) is 4.98. The highest BCUT2D eigenvalue weighted by atomic mass is 35.5. The van der Waals surface area contributed by atoms with Gasteiger partial charge in [0.2, 0.25) is 0 Å². The molecule has 0 atom stereocenters. The predicted octanol–water partition coefficient (Wildman–Crippen LogP) is 6.63. The molecule has 8 heteroatoms. The third kappa shape index (κ3) is 5.45. The topological polar surface area (TPSA) is 36.4 Å². The van der Waals surface area contributed by atoms with Gasteiger partial charge in [0, 0.05) is 18.1 Å². The van der Waals surface area contributed by atoms with Gasteiger partial charge in [0.05, 0.1) is 20.8 Å². The van der Waals surface area contributed by atoms with Crippen molar-refractivity contribution in [3.8, 4) is 0 Å². The molecule has 4 nitrogen and oxygen atoms in total. The van der Waals surface area contributed by atoms with Gasteiger partial charge in [0.1, 0.15) is 0 Å². The SMILES string of the molecule is CCN(CC)CCN(C(=O)c1ccc(Cl)cc1Cl)c1nc2cc(C)cc(C)c2s1.Cl. The Morgan fingerprint density at radius 3 is 2.40 bits per heavy atom. The summed E-state index contributed by atoms with van der Waals surface area (Å²) in [6.07, 6.45) is 0. The molecule has 0 aliphatic carbocycles. The lowest BCUT2D eigenvalue weighted by Gasteiger charge is -2.25. The molecular formula is C22H26Cl3N3OS. The molecule has 0 fully saturated rings. The quantitative estimate of drug-likeness (QED) is 0.376. The molecule has 1 amide bonds. The van der Waals surface area contributed by atoms with Crippen LogP contribution in [-0.2, 0) is 0 Å². The van der Waals surface area contributed by atoms with Crippen LogP contribution >= 0.6 is 46.9 Å². The number of hydrogen-bond acceptors (Lipinski definition) is 4. The Labute approximate surface area is 198 Å². The Hall–Kier alpha value is -1.37. The number of benzene rings is 2. The number of aryl methyl sites for hydroxylation is 2. The van der Waals surface area contributed by atoms with Crippen LogP contribution in [-0.4, -0.2) is 42.0 Å². The van der Waals surface area contributed by atoms with E-state index in [2.05, 4.69) is 44.7 Å². The standard InChI is InChI=1S/C22H25Cl2N3OS.ClH/c1-5-26(6-2)9-10-27(21(28)17-8-7-16(23)13-18(17)24)22-25-19-12-14(3)11-15(4)20(19)29-22;/h7-8,11-13H,5-6,9-10H2,1-4H3;1H. The predicted molar refractivity (Wildman–Crippen MR) is 132 cm³/mol. The monoisotopic (exact) mass is 485 g/mol. The lowest BCUT2D eigenvalue weighted by molar-refractivity contribution is 0.0984. The minimum Gasteiger partial charge on any atom is -0.302 e. The molecule has 1 heterocycles. The molecular weight excluding hydrogens is 461 g/mol. The first kappa shape index (κ1) is 24.9. The van der Waals surface area contributed by atoms with Crippen molar-refractivity contribution in [2.45, 2.75) is 27.7 Å². The first-order valence-electron chi connectivity index (χ1n) is 9.71. The van der Waals surface area contributed by atoms with Crippen molar-refractivity contribution >= 4 is 68.2 Å². The number of amides is 1. The van der Waals surface area contributed by atoms with Crippen molar-refractivity contribution < 1.29 is 4.79 Å². The maximum atomic E-state index is 13.4. The largest absolute Gasteiger partial charge is 0.302 e. The summed E-state index contributed by atoms with van der Waals surface area (Å²) in [5.41, 5.74) is 3.69. The molecule has 0 aliphatic heterocycles. The first-order valence-corrected chi connectivity index (χ1v) is 11.3. The number of thiazole rings is 1. The van der Waals surface area contributed by atoms with Crippen LogP contribution in [0, 0.1) is 13.8 Å². The van der Waals surface area contributed by atoms with Gasteiger partial charge in [0.25, 0.3) is 5.91 Å². The minimum absolute atomic E-state index is 0. The summed E-state index contributed by atoms with van der Waals surface area (Å²) in [5, 5.41) is 1.55. The van der Waals surface area contributed by atoms with Crippen LogP contribution in [0.4, 0.5) is 5.13 Å². The minimum atomic E-state index is -0.160. The molecule has 3 rings (SSSR count). The maximum absolute atomic E-state index is 13.4. The molecule has 162 valence electrons. The lowest BCUT2D eigenvalue weighted by Crippen LogP contribution is -2.39. The molecule has 0 unspecified atom stereocenters. The number of nitrogens with zero attached hydrogens (tertiary/aromatic N) is 3. The van der Waals surface area contributed by atoms with Crippen LogP contribution < -0.4 is 4.90 Å². The van der Waals surface area contributed by atoms with Gasteiger partial charge in [-0.25, -0.2) is 4.98 Å². The number of rotatable bonds is 7. The highest BCUT2D eigenvalue weighted by Gasteiger charge is 2.24. The number of halogens is 3. The molecule has 0 bridgehead atoms. The normalized spacial score (nSPS) is 11.0. The Morgan fingerprint density at radius 2 is 1.77 bits per heavy atom. The average molecular weight is 487 g/mol. The van der Waals surface area contributed by atoms with Crippen molar-refractivity contribution in [2.75, 3.05) is 31.1 Å². The molecule has 0 aliphatic rings. The summed E-state index contributed by atoms with van der Waals surface area (Å²) >= 11 is 13.9. The van der Waals surface area contributed by atoms with Gasteiger partial charge >= 0.3 is 0 Å². The summed E-state index contributed by atoms with van der Waals surface area (Å²) in [6, 6.07) is 9.17. The number of fused-ring (bicyclic) bond motifs is 1. The number of carbonyl (C=O) groups excluding carboxylic acids is 1. The van der Waals surface area contributed by atoms with E-state index in [9.17, 15) is 4.79 Å². The second-order valence-corrected chi connectivity index (χ2v) is 8.86. The van der Waals surface area contributed by atoms with E-state index in [0.717, 1.165) is 35.4 Å². The van der Waals surface area contributed by atoms with Gasteiger partial charge in [-0.15, -0.1) is 12.4 Å². The Bertz CT molecular complexity index is 1030. The van der Waals surface area contributed by atoms with E-state index < -0.39 is 0 Å². The zero-order valence-electron chi connectivity index (χ0n) is 17.5. The van der Waals surface area contributed by atoms with E-state index in [1.54, 1.807) is 34.4 Å². The highest BCUT2D eigenvalue weighted by Crippen LogP contribution is 2.33. The van der Waals surface area contributed by atoms with Gasteiger partial charge in [0.15, 0.2) is 5.13 Å². The first-order chi connectivity index (χ1) is 13.8. The van der Waals surface area contributed by atoms with E-state index in [1.807, 2.05) is 0 Å². The van der Waals surface area contributed by atoms with Crippen molar-refractivity contribution in [3.05, 3.63) is 57.1 Å². The fourth-order valence-electron chi connectivity index (χ4n) is 3.35. The lowest BCUT2D eigenvalue weighted by atomic mass is 10.1. The van der Waals surface area contributed by atoms with E-state index in [1.165, 1.54) is 5.56 Å². The van der Waals surface area contributed by atoms with Gasteiger partial charge < -0.3 is 4.90 Å². The smallest absolute Gasteiger partial charge is 0.261 e. The number of likely N-dealkylation sites (N-methyl/N-ethyl adjacent to an activating group) is 1. The average Bonchev–Trinajstić information content (AvgIpc) is 3.09. The Morgan fingerprint density at radius 1 is 1.07 bits per heavy atom. The van der Waals surface area contributed by atoms with Crippen molar-refractivity contribution in [2.24, 2.45) is 0 Å². The van der Waals surface area contributed by atoms with Crippen molar-refractivity contribution in [3.63, 3.8) is 0 Å². The second kappa shape index (κ2) is 10.8. The third-order valence-corrected chi connectivity index (χ3v) is 6.76. The Balaban J connectivity index is 0.00000320. The molecule has 2 aromatic carbocycles. The summed E-state index contributed by atoms with van der Waals surface area (Å²) < 4.78 is 1.11. The summed E-state index contributed by atoms with van der Waals surface area (Å²) in [6.45, 7) is 11.5. The van der Waals surface area contributed by atoms with Gasteiger partial charge in [-0.05, 0) is 62.3 Å². The summed E-state index contributed by atoms with van der Waals surface area (Å²) in [4.78, 5) is 22.3. The summed E-state index contributed by atoms with van der Waals surface area (Å²) in [7, 11) is 0. The fourth-order valence-corrected chi connectivity index (χ4v) is 4.88. The highest BCUT2D eigenvalue weighted by molar-refractivity contribution is 7.22. The van der Waals surface area contributed by atoms with Gasteiger partial charge in [-0.2, -0.15) is 0 Å². The zero-order valence-corrected chi connectivity index (χ0v) is 20.7. The van der Waals surface area contributed by atoms with Crippen LogP contribution in [0.5, 0.6) is 0 Å². The van der Waals surface area contributed by atoms with E-state index in [4.69, 9.17) is 28.2 Å². The van der Waals surface area contributed by atoms with Crippen molar-refractivity contribution in [1.82, 2.24) is 9.88 Å². The molecule has 0 spiro atoms. The van der Waals surface area contributed by atoms with Gasteiger partial charge in [-0.3, -0.25) is 9.69 Å². The molecule has 0 N–H and O–H groups in total. The zero-order chi connectivity index (χ0) is 21.1. The molecule has 3 aromatic rings. The van der Waals surface area contributed by atoms with Crippen LogP contribution in [0.2, 0.25) is 10.0 Å². The molecule has 0 saturated heterocycles. The molecule has 1 aromatic heterocycles. The fraction of sp³-hybridized carbons (Fsp3) is 0.364. The molecule has 0 saturated carbocycles. The number of aromatic nitrogens is 1. The number of anilines is 1. The van der Waals surface area contributed by atoms with Crippen molar-refractivity contribution in [1.29, 1.82) is 0 Å². The van der Waals surface area contributed by atoms with Gasteiger partial charge in [-0.1, -0.05) is 54.5 Å². The van der Waals surface area contributed by atoms with Crippen LogP contribution in [0.25, 0.3) is 10.2 Å². The number of carbonyl (C=O) groups is 1. The van der Waals surface area contributed by atoms with Crippen LogP contribution in [0.15, 0.2) is 30.3 Å². The van der Waals surface area contributed by atoms with E-state index >= 15 is 0 Å². The maximum Gasteiger partial charge on any atom is 0.261 e. The van der Waals surface area contributed by atoms with Crippen LogP contribution in [0.1, 0.15) is 35.3 Å². The van der Waals surface area contributed by atoms with Crippen LogP contribution in [0.3, 0.4) is 0 Å². The van der Waals surface area contributed by atoms with E-state index in [-0.39, 0.29) is 18.3 Å².